The molecule has 1 atom stereocenters. The van der Waals surface area contributed by atoms with Gasteiger partial charge in [-0.15, -0.1) is 0 Å². The van der Waals surface area contributed by atoms with E-state index in [2.05, 4.69) is 33.5 Å². The molecule has 0 unspecified atom stereocenters. The zero-order chi connectivity index (χ0) is 16.4. The number of hydrogen-bond donors (Lipinski definition) is 2. The Balaban J connectivity index is 1.84. The summed E-state index contributed by atoms with van der Waals surface area (Å²) in [6.45, 7) is 3.38. The lowest BCUT2D eigenvalue weighted by atomic mass is 9.96. The van der Waals surface area contributed by atoms with Gasteiger partial charge in [-0.25, -0.2) is 4.79 Å². The Bertz CT molecular complexity index is 654. The minimum absolute atomic E-state index is 0.0246. The van der Waals surface area contributed by atoms with Crippen LogP contribution >= 0.6 is 15.9 Å². The molecule has 3 rings (SSSR count). The SMILES string of the molecule is CCCCCN1CC2=C(C1=O)[C@H](c1ccc(Br)cc1)NC(=O)N2. The number of benzene rings is 1. The summed E-state index contributed by atoms with van der Waals surface area (Å²) < 4.78 is 0.967. The molecule has 0 fully saturated rings. The minimum atomic E-state index is -0.379. The molecule has 0 aromatic heterocycles. The number of hydrogen-bond acceptors (Lipinski definition) is 2. The lowest BCUT2D eigenvalue weighted by molar-refractivity contribution is -0.125. The molecule has 0 bridgehead atoms. The Morgan fingerprint density at radius 3 is 2.65 bits per heavy atom. The Morgan fingerprint density at radius 2 is 1.96 bits per heavy atom. The second-order valence-corrected chi connectivity index (χ2v) is 6.82. The molecule has 2 N–H and O–H groups in total. The topological polar surface area (TPSA) is 61.4 Å². The molecule has 0 saturated heterocycles. The number of rotatable bonds is 5. The van der Waals surface area contributed by atoms with Crippen LogP contribution in [-0.4, -0.2) is 29.9 Å². The van der Waals surface area contributed by atoms with Crippen LogP contribution in [0.2, 0.25) is 0 Å². The van der Waals surface area contributed by atoms with E-state index in [4.69, 9.17) is 0 Å². The molecule has 0 aliphatic carbocycles. The van der Waals surface area contributed by atoms with Crippen molar-refractivity contribution in [3.05, 3.63) is 45.6 Å². The van der Waals surface area contributed by atoms with Crippen LogP contribution in [0.15, 0.2) is 40.0 Å². The first-order valence-corrected chi connectivity index (χ1v) is 8.74. The number of nitrogens with one attached hydrogen (secondary N) is 2. The summed E-state index contributed by atoms with van der Waals surface area (Å²) in [5, 5.41) is 5.67. The number of carbonyl (C=O) groups is 2. The van der Waals surface area contributed by atoms with E-state index in [1.165, 1.54) is 0 Å². The summed E-state index contributed by atoms with van der Waals surface area (Å²) >= 11 is 3.41. The molecule has 23 heavy (non-hydrogen) atoms. The molecule has 3 amide bonds. The third kappa shape index (κ3) is 3.27. The monoisotopic (exact) mass is 377 g/mol. The second-order valence-electron chi connectivity index (χ2n) is 5.91. The van der Waals surface area contributed by atoms with Gasteiger partial charge in [0.15, 0.2) is 0 Å². The maximum absolute atomic E-state index is 12.8. The molecule has 122 valence electrons. The zero-order valence-corrected chi connectivity index (χ0v) is 14.6. The van der Waals surface area contributed by atoms with Crippen molar-refractivity contribution in [3.63, 3.8) is 0 Å². The standard InChI is InChI=1S/C17H20BrN3O2/c1-2-3-4-9-21-10-13-14(16(21)22)15(20-17(23)19-13)11-5-7-12(18)8-6-11/h5-8,15H,2-4,9-10H2,1H3,(H2,19,20,23)/t15-/m0/s1. The molecule has 2 heterocycles. The van der Waals surface area contributed by atoms with Crippen LogP contribution in [-0.2, 0) is 4.79 Å². The predicted octanol–water partition coefficient (Wildman–Crippen LogP) is 3.09. The highest BCUT2D eigenvalue weighted by Crippen LogP contribution is 2.33. The summed E-state index contributed by atoms with van der Waals surface area (Å²) in [6.07, 6.45) is 3.22. The molecule has 0 saturated carbocycles. The van der Waals surface area contributed by atoms with Gasteiger partial charge < -0.3 is 15.5 Å². The lowest BCUT2D eigenvalue weighted by Crippen LogP contribution is -2.44. The molecule has 1 aromatic rings. The maximum Gasteiger partial charge on any atom is 0.319 e. The number of nitrogens with zero attached hydrogens (tertiary/aromatic N) is 1. The zero-order valence-electron chi connectivity index (χ0n) is 13.1. The van der Waals surface area contributed by atoms with Crippen molar-refractivity contribution >= 4 is 27.9 Å². The van der Waals surface area contributed by atoms with Crippen molar-refractivity contribution in [2.75, 3.05) is 13.1 Å². The molecule has 2 aliphatic heterocycles. The van der Waals surface area contributed by atoms with Crippen LogP contribution in [0.4, 0.5) is 4.79 Å². The third-order valence-electron chi connectivity index (χ3n) is 4.26. The van der Waals surface area contributed by atoms with Crippen molar-refractivity contribution < 1.29 is 9.59 Å². The van der Waals surface area contributed by atoms with E-state index in [0.29, 0.717) is 12.1 Å². The highest BCUT2D eigenvalue weighted by atomic mass is 79.9. The van der Waals surface area contributed by atoms with Crippen LogP contribution in [0, 0.1) is 0 Å². The first kappa shape index (κ1) is 16.1. The third-order valence-corrected chi connectivity index (χ3v) is 4.78. The van der Waals surface area contributed by atoms with E-state index in [9.17, 15) is 9.59 Å². The molecule has 1 aromatic carbocycles. The largest absolute Gasteiger partial charge is 0.333 e. The highest BCUT2D eigenvalue weighted by Gasteiger charge is 2.39. The fourth-order valence-corrected chi connectivity index (χ4v) is 3.33. The van der Waals surface area contributed by atoms with E-state index in [-0.39, 0.29) is 18.0 Å². The van der Waals surface area contributed by atoms with E-state index in [1.54, 1.807) is 0 Å². The normalized spacial score (nSPS) is 20.4. The second kappa shape index (κ2) is 6.74. The van der Waals surface area contributed by atoms with E-state index < -0.39 is 0 Å². The van der Waals surface area contributed by atoms with Crippen molar-refractivity contribution in [3.8, 4) is 0 Å². The van der Waals surface area contributed by atoms with Crippen LogP contribution in [0.5, 0.6) is 0 Å². The van der Waals surface area contributed by atoms with Gasteiger partial charge >= 0.3 is 6.03 Å². The van der Waals surface area contributed by atoms with Crippen molar-refractivity contribution in [1.29, 1.82) is 0 Å². The van der Waals surface area contributed by atoms with Gasteiger partial charge in [0.05, 0.1) is 23.9 Å². The predicted molar refractivity (Wildman–Crippen MR) is 91.7 cm³/mol. The van der Waals surface area contributed by atoms with Crippen molar-refractivity contribution in [1.82, 2.24) is 15.5 Å². The molecular weight excluding hydrogens is 358 g/mol. The summed E-state index contributed by atoms with van der Waals surface area (Å²) in [5.74, 6) is 0.0246. The van der Waals surface area contributed by atoms with Crippen LogP contribution < -0.4 is 10.6 Å². The van der Waals surface area contributed by atoms with Gasteiger partial charge in [-0.05, 0) is 24.1 Å². The average Bonchev–Trinajstić information content (AvgIpc) is 2.84. The smallest absolute Gasteiger partial charge is 0.319 e. The van der Waals surface area contributed by atoms with Gasteiger partial charge in [-0.3, -0.25) is 4.79 Å². The average molecular weight is 378 g/mol. The van der Waals surface area contributed by atoms with Gasteiger partial charge in [0, 0.05) is 11.0 Å². The molecule has 0 radical (unpaired) electrons. The van der Waals surface area contributed by atoms with E-state index >= 15 is 0 Å². The fraction of sp³-hybridized carbons (Fsp3) is 0.412. The van der Waals surface area contributed by atoms with Gasteiger partial charge in [0.1, 0.15) is 0 Å². The van der Waals surface area contributed by atoms with Crippen molar-refractivity contribution in [2.45, 2.75) is 32.2 Å². The Morgan fingerprint density at radius 1 is 1.22 bits per heavy atom. The quantitative estimate of drug-likeness (QED) is 0.774. The number of amides is 3. The van der Waals surface area contributed by atoms with Gasteiger partial charge in [-0.1, -0.05) is 47.8 Å². The van der Waals surface area contributed by atoms with Gasteiger partial charge in [0.25, 0.3) is 5.91 Å². The first-order chi connectivity index (χ1) is 11.1. The van der Waals surface area contributed by atoms with Gasteiger partial charge in [0.2, 0.25) is 0 Å². The van der Waals surface area contributed by atoms with Crippen LogP contribution in [0.25, 0.3) is 0 Å². The molecular formula is C17H20BrN3O2. The Kier molecular flexibility index (Phi) is 4.71. The van der Waals surface area contributed by atoms with Crippen LogP contribution in [0.3, 0.4) is 0 Å². The summed E-state index contributed by atoms with van der Waals surface area (Å²) in [5.41, 5.74) is 2.32. The summed E-state index contributed by atoms with van der Waals surface area (Å²) in [7, 11) is 0. The number of halogens is 1. The first-order valence-electron chi connectivity index (χ1n) is 7.95. The van der Waals surface area contributed by atoms with E-state index in [1.807, 2.05) is 29.2 Å². The molecule has 2 aliphatic rings. The highest BCUT2D eigenvalue weighted by molar-refractivity contribution is 9.10. The number of urea groups is 1. The number of unbranched alkanes of at least 4 members (excludes halogenated alkanes) is 2. The summed E-state index contributed by atoms with van der Waals surface area (Å²) in [6, 6.07) is 7.07. The Hall–Kier alpha value is -1.82. The fourth-order valence-electron chi connectivity index (χ4n) is 3.07. The molecule has 0 spiro atoms. The minimum Gasteiger partial charge on any atom is -0.333 e. The van der Waals surface area contributed by atoms with E-state index in [0.717, 1.165) is 41.5 Å². The molecule has 6 heteroatoms. The summed E-state index contributed by atoms with van der Waals surface area (Å²) in [4.78, 5) is 26.5. The number of carbonyl (C=O) groups excluding carboxylic acids is 2. The Labute approximate surface area is 144 Å². The lowest BCUT2D eigenvalue weighted by Gasteiger charge is -2.25. The van der Waals surface area contributed by atoms with Gasteiger partial charge in [-0.2, -0.15) is 0 Å². The molecule has 5 nitrogen and oxygen atoms in total. The maximum atomic E-state index is 12.8. The van der Waals surface area contributed by atoms with Crippen molar-refractivity contribution in [2.24, 2.45) is 0 Å². The van der Waals surface area contributed by atoms with Crippen LogP contribution in [0.1, 0.15) is 37.8 Å².